The predicted molar refractivity (Wildman–Crippen MR) is 203 cm³/mol. The van der Waals surface area contributed by atoms with Crippen molar-refractivity contribution in [3.05, 3.63) is 107 Å². The summed E-state index contributed by atoms with van der Waals surface area (Å²) in [4.78, 5) is 83.8. The zero-order chi connectivity index (χ0) is 39.5. The van der Waals surface area contributed by atoms with Gasteiger partial charge in [-0.1, -0.05) is 60.2 Å². The summed E-state index contributed by atoms with van der Waals surface area (Å²) in [5.41, 5.74) is 4.06. The van der Waals surface area contributed by atoms with Crippen molar-refractivity contribution in [2.75, 3.05) is 6.54 Å². The van der Waals surface area contributed by atoms with Gasteiger partial charge in [0, 0.05) is 56.4 Å². The molecule has 0 spiro atoms. The van der Waals surface area contributed by atoms with Crippen LogP contribution in [-0.4, -0.2) is 81.2 Å². The summed E-state index contributed by atoms with van der Waals surface area (Å²) in [5, 5.41) is 21.2. The average Bonchev–Trinajstić information content (AvgIpc) is 3.58. The molecule has 55 heavy (non-hydrogen) atoms. The number of halogens is 1. The molecule has 0 radical (unpaired) electrons. The van der Waals surface area contributed by atoms with E-state index >= 15 is 0 Å². The lowest BCUT2D eigenvalue weighted by atomic mass is 9.97. The van der Waals surface area contributed by atoms with Crippen LogP contribution in [0.5, 0.6) is 0 Å². The number of aryl methyl sites for hydroxylation is 1. The number of rotatable bonds is 16. The van der Waals surface area contributed by atoms with Gasteiger partial charge in [-0.05, 0) is 67.5 Å². The van der Waals surface area contributed by atoms with Crippen LogP contribution in [0.1, 0.15) is 61.3 Å². The van der Waals surface area contributed by atoms with Crippen molar-refractivity contribution >= 4 is 46.4 Å². The monoisotopic (exact) mass is 754 g/mol. The zero-order valence-electron chi connectivity index (χ0n) is 30.9. The minimum atomic E-state index is -1.20. The van der Waals surface area contributed by atoms with Crippen LogP contribution in [0.15, 0.2) is 79.0 Å². The number of aromatic nitrogens is 1. The Morgan fingerprint density at radius 3 is 2.24 bits per heavy atom. The molecule has 5 rings (SSSR count). The van der Waals surface area contributed by atoms with Crippen LogP contribution in [0.3, 0.4) is 0 Å². The van der Waals surface area contributed by atoms with Gasteiger partial charge in [0.1, 0.15) is 30.0 Å². The second-order valence-electron chi connectivity index (χ2n) is 13.9. The van der Waals surface area contributed by atoms with Crippen LogP contribution in [-0.2, 0) is 48.2 Å². The van der Waals surface area contributed by atoms with E-state index in [2.05, 4.69) is 26.3 Å². The van der Waals surface area contributed by atoms with Crippen LogP contribution in [0.4, 0.5) is 4.39 Å². The normalized spacial score (nSPS) is 15.7. The van der Waals surface area contributed by atoms with Crippen molar-refractivity contribution in [2.24, 2.45) is 0 Å². The number of carboxylic acids is 1. The number of para-hydroxylation sites is 1. The second kappa shape index (κ2) is 18.8. The van der Waals surface area contributed by atoms with E-state index in [-0.39, 0.29) is 45.2 Å². The highest BCUT2D eigenvalue weighted by molar-refractivity contribution is 5.96. The molecule has 0 aliphatic carbocycles. The molecule has 1 fully saturated rings. The van der Waals surface area contributed by atoms with Crippen LogP contribution < -0.4 is 21.3 Å². The Labute approximate surface area is 318 Å². The fourth-order valence-electron chi connectivity index (χ4n) is 6.79. The van der Waals surface area contributed by atoms with Gasteiger partial charge in [-0.2, -0.15) is 0 Å². The van der Waals surface area contributed by atoms with Gasteiger partial charge in [-0.25, -0.2) is 4.39 Å². The summed E-state index contributed by atoms with van der Waals surface area (Å²) in [6, 6.07) is 16.2. The molecule has 0 saturated carbocycles. The van der Waals surface area contributed by atoms with Gasteiger partial charge < -0.3 is 36.3 Å². The number of likely N-dealkylation sites (tertiary alicyclic amines) is 1. The Hall–Kier alpha value is -6.05. The minimum Gasteiger partial charge on any atom is -0.481 e. The number of carbonyl (C=O) groups is 6. The second-order valence-corrected chi connectivity index (χ2v) is 13.9. The first-order valence-corrected chi connectivity index (χ1v) is 18.4. The zero-order valence-corrected chi connectivity index (χ0v) is 30.9. The fourth-order valence-corrected chi connectivity index (χ4v) is 6.79. The molecule has 14 heteroatoms. The number of hydrogen-bond donors (Lipinski definition) is 6. The van der Waals surface area contributed by atoms with E-state index in [9.17, 15) is 38.3 Å². The molecule has 3 unspecified atom stereocenters. The first-order valence-electron chi connectivity index (χ1n) is 18.4. The molecule has 5 amide bonds. The maximum Gasteiger partial charge on any atom is 0.303 e. The number of hydrogen-bond acceptors (Lipinski definition) is 6. The quantitative estimate of drug-likeness (QED) is 0.101. The van der Waals surface area contributed by atoms with E-state index < -0.39 is 65.5 Å². The number of nitrogens with one attached hydrogen (secondary N) is 5. The molecule has 13 nitrogen and oxygen atoms in total. The minimum absolute atomic E-state index is 0.0314. The summed E-state index contributed by atoms with van der Waals surface area (Å²) in [5.74, 6) is -4.42. The van der Waals surface area contributed by atoms with Crippen molar-refractivity contribution in [1.82, 2.24) is 31.2 Å². The third-order valence-corrected chi connectivity index (χ3v) is 9.72. The maximum absolute atomic E-state index is 14.3. The number of H-pyrrole nitrogens is 1. The smallest absolute Gasteiger partial charge is 0.303 e. The lowest BCUT2D eigenvalue weighted by Gasteiger charge is -2.37. The molecule has 2 heterocycles. The lowest BCUT2D eigenvalue weighted by Crippen LogP contribution is -2.60. The van der Waals surface area contributed by atoms with Gasteiger partial charge in [-0.15, -0.1) is 0 Å². The Bertz CT molecular complexity index is 2000. The van der Waals surface area contributed by atoms with Crippen LogP contribution >= 0.6 is 0 Å². The van der Waals surface area contributed by atoms with Gasteiger partial charge in [0.2, 0.25) is 29.5 Å². The molecule has 290 valence electrons. The molecule has 1 aliphatic heterocycles. The van der Waals surface area contributed by atoms with Crippen molar-refractivity contribution in [1.29, 1.82) is 0 Å². The largest absolute Gasteiger partial charge is 0.481 e. The first kappa shape index (κ1) is 40.1. The average molecular weight is 755 g/mol. The van der Waals surface area contributed by atoms with E-state index in [0.29, 0.717) is 18.4 Å². The maximum atomic E-state index is 14.3. The van der Waals surface area contributed by atoms with Gasteiger partial charge in [0.05, 0.1) is 0 Å². The summed E-state index contributed by atoms with van der Waals surface area (Å²) in [6.45, 7) is 3.57. The highest BCUT2D eigenvalue weighted by Gasteiger charge is 2.38. The number of aromatic amines is 1. The van der Waals surface area contributed by atoms with Gasteiger partial charge in [0.15, 0.2) is 0 Å². The Morgan fingerprint density at radius 2 is 1.53 bits per heavy atom. The van der Waals surface area contributed by atoms with Crippen molar-refractivity contribution < 1.29 is 38.3 Å². The molecule has 3 aromatic carbocycles. The molecular formula is C41H47FN6O7. The summed E-state index contributed by atoms with van der Waals surface area (Å²) in [7, 11) is 0. The highest BCUT2D eigenvalue weighted by Crippen LogP contribution is 2.22. The van der Waals surface area contributed by atoms with E-state index in [1.807, 2.05) is 55.5 Å². The molecule has 0 bridgehead atoms. The molecule has 4 atom stereocenters. The van der Waals surface area contributed by atoms with Gasteiger partial charge >= 0.3 is 5.97 Å². The number of carboxylic acid groups (broad SMARTS) is 1. The number of carbonyl (C=O) groups excluding carboxylic acids is 5. The third kappa shape index (κ3) is 11.2. The number of amides is 5. The number of nitrogens with zero attached hydrogens (tertiary/aromatic N) is 1. The van der Waals surface area contributed by atoms with E-state index in [4.69, 9.17) is 0 Å². The molecule has 1 aliphatic rings. The number of fused-ring (bicyclic) bond motifs is 1. The summed E-state index contributed by atoms with van der Waals surface area (Å²) >= 11 is 0. The van der Waals surface area contributed by atoms with Crippen molar-refractivity contribution in [3.8, 4) is 0 Å². The van der Waals surface area contributed by atoms with Gasteiger partial charge in [0.25, 0.3) is 0 Å². The molecule has 6 N–H and O–H groups in total. The highest BCUT2D eigenvalue weighted by atomic mass is 19.1. The van der Waals surface area contributed by atoms with Crippen LogP contribution in [0.2, 0.25) is 0 Å². The topological polar surface area (TPSA) is 190 Å². The van der Waals surface area contributed by atoms with Crippen LogP contribution in [0, 0.1) is 12.7 Å². The van der Waals surface area contributed by atoms with Crippen molar-refractivity contribution in [2.45, 2.75) is 89.5 Å². The molecule has 1 aromatic heterocycles. The Morgan fingerprint density at radius 1 is 0.836 bits per heavy atom. The Kier molecular flexibility index (Phi) is 13.7. The SMILES string of the molecule is CC(=O)NC(CCC(=O)O)C(=O)N1CCCC[C@H]1C(=O)NC(Cc1c[nH]c2ccccc12)C(=O)NC(Cc1ccc(F)cc1)C(=O)NCc1ccc(C)cc1. The van der Waals surface area contributed by atoms with Crippen LogP contribution in [0.25, 0.3) is 10.9 Å². The summed E-state index contributed by atoms with van der Waals surface area (Å²) in [6.07, 6.45) is 2.76. The van der Waals surface area contributed by atoms with Crippen molar-refractivity contribution in [3.63, 3.8) is 0 Å². The van der Waals surface area contributed by atoms with E-state index in [0.717, 1.165) is 27.6 Å². The standard InChI is InChI=1S/C41H47FN6O7/c1-25-10-12-28(13-11-25)23-44-38(52)34(21-27-14-16-30(42)17-15-27)46-39(53)35(22-29-24-43-32-8-4-3-7-31(29)32)47-40(54)36-9-5-6-20-48(36)41(55)33(45-26(2)49)18-19-37(50)51/h3-4,7-8,10-17,24,33-36,43H,5-6,9,18-23H2,1-2H3,(H,44,52)(H,45,49)(H,46,53)(H,47,54)(H,50,51)/t33?,34?,35?,36-/m0/s1. The molecule has 4 aromatic rings. The number of piperidine rings is 1. The summed E-state index contributed by atoms with van der Waals surface area (Å²) < 4.78 is 13.8. The fraction of sp³-hybridized carbons (Fsp3) is 0.366. The van der Waals surface area contributed by atoms with E-state index in [1.165, 1.54) is 36.1 Å². The Balaban J connectivity index is 1.40. The molecular weight excluding hydrogens is 707 g/mol. The first-order chi connectivity index (χ1) is 26.4. The third-order valence-electron chi connectivity index (χ3n) is 9.72. The van der Waals surface area contributed by atoms with E-state index in [1.54, 1.807) is 6.20 Å². The lowest BCUT2D eigenvalue weighted by molar-refractivity contribution is -0.146. The number of benzene rings is 3. The van der Waals surface area contributed by atoms with Gasteiger partial charge in [-0.3, -0.25) is 28.8 Å². The predicted octanol–water partition coefficient (Wildman–Crippen LogP) is 3.44. The number of aliphatic carboxylic acids is 1. The molecule has 1 saturated heterocycles.